The van der Waals surface area contributed by atoms with Crippen LogP contribution in [0.3, 0.4) is 0 Å². The van der Waals surface area contributed by atoms with Gasteiger partial charge in [0, 0.05) is 85.1 Å². The maximum absolute atomic E-state index is 12.1. The normalized spacial score (nSPS) is 15.6. The fourth-order valence-corrected chi connectivity index (χ4v) is 15.2. The van der Waals surface area contributed by atoms with E-state index in [4.69, 9.17) is 9.47 Å². The lowest BCUT2D eigenvalue weighted by Crippen LogP contribution is -2.51. The van der Waals surface area contributed by atoms with Gasteiger partial charge in [0.15, 0.2) is 8.24 Å². The quantitative estimate of drug-likeness (QED) is 0.194. The molecule has 0 aliphatic carbocycles. The predicted octanol–water partition coefficient (Wildman–Crippen LogP) is 10.5. The summed E-state index contributed by atoms with van der Waals surface area (Å²) < 4.78 is 14.5. The van der Waals surface area contributed by atoms with Crippen molar-refractivity contribution < 1.29 is 19.1 Å². The molecule has 10 nitrogen and oxygen atoms in total. The molecule has 4 heterocycles. The summed E-state index contributed by atoms with van der Waals surface area (Å²) >= 11 is 3.58. The number of hydrogen-bond acceptors (Lipinski definition) is 6. The minimum Gasteiger partial charge on any atom is -0.444 e. The zero-order chi connectivity index (χ0) is 40.7. The fraction of sp³-hybridized carbons (Fsp3) is 0.581. The van der Waals surface area contributed by atoms with Crippen LogP contribution in [0, 0.1) is 0 Å². The highest BCUT2D eigenvalue weighted by molar-refractivity contribution is 9.10. The summed E-state index contributed by atoms with van der Waals surface area (Å²) in [5, 5.41) is 5.74. The molecule has 0 unspecified atom stereocenters. The SMILES string of the molecule is CC(C)(C)OC(=O)N1CCN(c2ccc3[nH]ccc3c2)CC1.CC(C)(C)OC(=O)N1CCNCC1.CC(C)[Si](C(C)C)(C(C)C)n1ccc2cc(Br)ccc21. The van der Waals surface area contributed by atoms with Gasteiger partial charge in [-0.05, 0) is 118 Å². The van der Waals surface area contributed by atoms with Gasteiger partial charge in [-0.2, -0.15) is 0 Å². The van der Waals surface area contributed by atoms with Gasteiger partial charge < -0.3 is 38.7 Å². The van der Waals surface area contributed by atoms with Crippen molar-refractivity contribution in [2.75, 3.05) is 57.3 Å². The topological polar surface area (TPSA) is 95.1 Å². The number of nitrogens with one attached hydrogen (secondary N) is 2. The van der Waals surface area contributed by atoms with Crippen LogP contribution in [0.4, 0.5) is 15.3 Å². The summed E-state index contributed by atoms with van der Waals surface area (Å²) in [6.45, 7) is 32.1. The number of nitrogens with zero attached hydrogens (tertiary/aromatic N) is 4. The summed E-state index contributed by atoms with van der Waals surface area (Å²) in [6, 6.07) is 17.4. The Morgan fingerprint density at radius 2 is 1.24 bits per heavy atom. The summed E-state index contributed by atoms with van der Waals surface area (Å²) in [4.78, 5) is 32.6. The van der Waals surface area contributed by atoms with Crippen LogP contribution >= 0.6 is 15.9 Å². The average molecular weight is 840 g/mol. The first-order valence-electron chi connectivity index (χ1n) is 20.0. The Morgan fingerprint density at radius 3 is 1.76 bits per heavy atom. The molecule has 12 heteroatoms. The maximum Gasteiger partial charge on any atom is 0.410 e. The molecule has 6 rings (SSSR count). The molecule has 2 aromatic carbocycles. The maximum atomic E-state index is 12.1. The first-order valence-corrected chi connectivity index (χ1v) is 23.0. The number of aromatic amines is 1. The van der Waals surface area contributed by atoms with Gasteiger partial charge in [0.25, 0.3) is 0 Å². The third kappa shape index (κ3) is 11.5. The second kappa shape index (κ2) is 18.6. The van der Waals surface area contributed by atoms with Crippen molar-refractivity contribution in [2.24, 2.45) is 0 Å². The zero-order valence-corrected chi connectivity index (χ0v) is 38.0. The number of amides is 2. The monoisotopic (exact) mass is 838 g/mol. The van der Waals surface area contributed by atoms with E-state index in [9.17, 15) is 9.59 Å². The molecule has 0 radical (unpaired) electrons. The summed E-state index contributed by atoms with van der Waals surface area (Å²) in [7, 11) is -1.63. The van der Waals surface area contributed by atoms with Crippen molar-refractivity contribution in [3.05, 3.63) is 65.4 Å². The number of aromatic nitrogens is 2. The Balaban J connectivity index is 0.000000190. The second-order valence-corrected chi connectivity index (χ2v) is 24.3. The summed E-state index contributed by atoms with van der Waals surface area (Å²) in [5.41, 5.74) is 5.10. The van der Waals surface area contributed by atoms with Crippen molar-refractivity contribution in [1.82, 2.24) is 24.3 Å². The molecule has 2 fully saturated rings. The number of hydrogen-bond donors (Lipinski definition) is 2. The number of anilines is 1. The molecule has 0 saturated carbocycles. The molecule has 2 aromatic heterocycles. The molecule has 4 aromatic rings. The Morgan fingerprint density at radius 1 is 0.691 bits per heavy atom. The van der Waals surface area contributed by atoms with Crippen LogP contribution < -0.4 is 10.2 Å². The summed E-state index contributed by atoms with van der Waals surface area (Å²) in [5.74, 6) is 0. The lowest BCUT2D eigenvalue weighted by Gasteiger charge is -2.44. The Kier molecular flexibility index (Phi) is 15.0. The van der Waals surface area contributed by atoms with Crippen LogP contribution in [0.2, 0.25) is 16.6 Å². The summed E-state index contributed by atoms with van der Waals surface area (Å²) in [6.07, 6.45) is 3.88. The lowest BCUT2D eigenvalue weighted by molar-refractivity contribution is 0.0223. The molecule has 2 aliphatic rings. The minimum atomic E-state index is -1.63. The largest absolute Gasteiger partial charge is 0.444 e. The van der Waals surface area contributed by atoms with Crippen molar-refractivity contribution in [3.8, 4) is 0 Å². The number of H-pyrrole nitrogens is 1. The van der Waals surface area contributed by atoms with Gasteiger partial charge in [0.05, 0.1) is 0 Å². The van der Waals surface area contributed by atoms with Crippen LogP contribution in [0.15, 0.2) is 65.4 Å². The van der Waals surface area contributed by atoms with E-state index in [1.54, 1.807) is 9.80 Å². The first-order chi connectivity index (χ1) is 25.7. The van der Waals surface area contributed by atoms with Gasteiger partial charge in [-0.3, -0.25) is 0 Å². The first kappa shape index (κ1) is 44.2. The molecule has 0 atom stereocenters. The molecule has 2 amide bonds. The number of fused-ring (bicyclic) bond motifs is 2. The standard InChI is InChI=1S/C17H26BrNSi.C17H23N3O2.C9H18N2O2/c1-12(2)20(13(3)4,14(5)6)19-10-9-15-11-16(18)7-8-17(15)19;1-17(2,3)22-16(21)20-10-8-19(9-11-20)14-4-5-15-13(12-14)6-7-18-15;1-9(2,3)13-8(12)11-6-4-10-5-7-11/h7-14H,1-6H3;4-7,12,18H,8-11H2,1-3H3;10H,4-7H2,1-3H3. The lowest BCUT2D eigenvalue weighted by atomic mass is 10.2. The Hall–Kier alpha value is -3.48. The van der Waals surface area contributed by atoms with Crippen LogP contribution in [-0.2, 0) is 9.47 Å². The van der Waals surface area contributed by atoms with Crippen molar-refractivity contribution >= 4 is 63.8 Å². The predicted molar refractivity (Wildman–Crippen MR) is 235 cm³/mol. The fourth-order valence-electron chi connectivity index (χ4n) is 8.17. The molecular formula is C43H67BrN6O4Si. The number of benzene rings is 2. The van der Waals surface area contributed by atoms with Crippen LogP contribution in [0.25, 0.3) is 21.8 Å². The zero-order valence-electron chi connectivity index (χ0n) is 35.5. The molecule has 0 bridgehead atoms. The number of rotatable bonds is 5. The smallest absolute Gasteiger partial charge is 0.410 e. The number of ether oxygens (including phenoxy) is 2. The number of carbonyl (C=O) groups is 2. The van der Waals surface area contributed by atoms with Crippen molar-refractivity contribution in [2.45, 2.75) is 111 Å². The Labute approximate surface area is 339 Å². The molecular weight excluding hydrogens is 773 g/mol. The van der Waals surface area contributed by atoms with E-state index in [2.05, 4.69) is 132 Å². The van der Waals surface area contributed by atoms with Gasteiger partial charge in [0.2, 0.25) is 0 Å². The van der Waals surface area contributed by atoms with Crippen LogP contribution in [-0.4, -0.2) is 103 Å². The van der Waals surface area contributed by atoms with E-state index in [0.717, 1.165) is 65.9 Å². The molecule has 55 heavy (non-hydrogen) atoms. The van der Waals surface area contributed by atoms with Gasteiger partial charge in [-0.15, -0.1) is 0 Å². The molecule has 304 valence electrons. The van der Waals surface area contributed by atoms with Gasteiger partial charge in [0.1, 0.15) is 11.2 Å². The average Bonchev–Trinajstić information content (AvgIpc) is 3.74. The van der Waals surface area contributed by atoms with Gasteiger partial charge in [-0.25, -0.2) is 9.59 Å². The van der Waals surface area contributed by atoms with Crippen LogP contribution in [0.5, 0.6) is 0 Å². The second-order valence-electron chi connectivity index (χ2n) is 17.7. The number of piperazine rings is 2. The number of halogens is 1. The van der Waals surface area contributed by atoms with Crippen molar-refractivity contribution in [1.29, 1.82) is 0 Å². The van der Waals surface area contributed by atoms with E-state index in [1.807, 2.05) is 47.7 Å². The van der Waals surface area contributed by atoms with E-state index >= 15 is 0 Å². The number of carbonyl (C=O) groups excluding carboxylic acids is 2. The van der Waals surface area contributed by atoms with Gasteiger partial charge >= 0.3 is 12.2 Å². The molecule has 2 N–H and O–H groups in total. The highest BCUT2D eigenvalue weighted by Gasteiger charge is 2.45. The van der Waals surface area contributed by atoms with Gasteiger partial charge in [-0.1, -0.05) is 57.5 Å². The van der Waals surface area contributed by atoms with E-state index in [-0.39, 0.29) is 17.8 Å². The molecule has 2 saturated heterocycles. The highest BCUT2D eigenvalue weighted by atomic mass is 79.9. The third-order valence-electron chi connectivity index (χ3n) is 10.4. The van der Waals surface area contributed by atoms with E-state index in [1.165, 1.54) is 22.0 Å². The third-order valence-corrected chi connectivity index (χ3v) is 17.7. The minimum absolute atomic E-state index is 0.200. The molecule has 2 aliphatic heterocycles. The molecule has 0 spiro atoms. The Bertz CT molecular complexity index is 1820. The van der Waals surface area contributed by atoms with Crippen LogP contribution in [0.1, 0.15) is 83.1 Å². The van der Waals surface area contributed by atoms with E-state index < -0.39 is 13.8 Å². The van der Waals surface area contributed by atoms with E-state index in [0.29, 0.717) is 13.1 Å². The van der Waals surface area contributed by atoms with Crippen molar-refractivity contribution in [3.63, 3.8) is 0 Å². The highest BCUT2D eigenvalue weighted by Crippen LogP contribution is 2.44.